The average Bonchev–Trinajstić information content (AvgIpc) is 3.44. The summed E-state index contributed by atoms with van der Waals surface area (Å²) in [5, 5.41) is 11.3. The minimum Gasteiger partial charge on any atom is -0.422 e. The fraction of sp³-hybridized carbons (Fsp3) is 0.438. The van der Waals surface area contributed by atoms with Gasteiger partial charge in [0.25, 0.3) is 0 Å². The molecule has 0 unspecified atom stereocenters. The molecule has 4 aromatic rings. The number of hydrogen-bond acceptors (Lipinski definition) is 12. The Labute approximate surface area is 277 Å². The molecule has 14 nitrogen and oxygen atoms in total. The van der Waals surface area contributed by atoms with Gasteiger partial charge in [-0.2, -0.15) is 27.1 Å². The predicted octanol–water partition coefficient (Wildman–Crippen LogP) is 3.32. The first-order valence-corrected chi connectivity index (χ1v) is 18.6. The van der Waals surface area contributed by atoms with Crippen LogP contribution in [0.5, 0.6) is 11.5 Å². The highest BCUT2D eigenvalue weighted by molar-refractivity contribution is 7.85. The van der Waals surface area contributed by atoms with Crippen LogP contribution < -0.4 is 29.9 Å². The van der Waals surface area contributed by atoms with Gasteiger partial charge in [-0.15, -0.1) is 0 Å². The van der Waals surface area contributed by atoms with Crippen LogP contribution in [0.3, 0.4) is 0 Å². The molecule has 3 heterocycles. The van der Waals surface area contributed by atoms with Crippen LogP contribution in [-0.2, 0) is 55.8 Å². The molecule has 48 heavy (non-hydrogen) atoms. The van der Waals surface area contributed by atoms with E-state index >= 15 is 0 Å². The number of hydrogen-bond donors (Lipinski definition) is 2. The number of fused-ring (bicyclic) bond motifs is 6. The standard InChI is InChI=1S/2C14H15NO5S.C4H8O2/c2*15-21(17,18)20-9-6-7-11-10-4-2-1-3-5-12(10)14(16)19-13(11)8-9;1-2-6-4-3-5-1/h2*6-8H,1-5H2,(H2,15,17,18);1-4H2. The van der Waals surface area contributed by atoms with E-state index in [9.17, 15) is 26.4 Å². The van der Waals surface area contributed by atoms with Crippen molar-refractivity contribution in [3.8, 4) is 11.5 Å². The molecule has 0 amide bonds. The maximum absolute atomic E-state index is 12.1. The average molecular weight is 707 g/mol. The fourth-order valence-corrected chi connectivity index (χ4v) is 6.76. The Balaban J connectivity index is 0.000000160. The Morgan fingerprint density at radius 2 is 0.875 bits per heavy atom. The zero-order chi connectivity index (χ0) is 34.3. The molecule has 2 aromatic carbocycles. The summed E-state index contributed by atoms with van der Waals surface area (Å²) in [5.41, 5.74) is 3.41. The van der Waals surface area contributed by atoms with Crippen LogP contribution in [0.1, 0.15) is 60.8 Å². The molecule has 1 aliphatic heterocycles. The lowest BCUT2D eigenvalue weighted by Gasteiger charge is -2.09. The second-order valence-electron chi connectivity index (χ2n) is 11.5. The maximum atomic E-state index is 12.1. The predicted molar refractivity (Wildman–Crippen MR) is 177 cm³/mol. The van der Waals surface area contributed by atoms with Gasteiger partial charge in [-0.3, -0.25) is 0 Å². The lowest BCUT2D eigenvalue weighted by molar-refractivity contribution is -0.0334. The fourth-order valence-electron chi connectivity index (χ4n) is 6.02. The van der Waals surface area contributed by atoms with Crippen molar-refractivity contribution < 1.29 is 43.5 Å². The van der Waals surface area contributed by atoms with Crippen LogP contribution in [0.2, 0.25) is 0 Å². The lowest BCUT2D eigenvalue weighted by Crippen LogP contribution is -2.19. The molecule has 0 spiro atoms. The van der Waals surface area contributed by atoms with Crippen molar-refractivity contribution in [1.82, 2.24) is 0 Å². The Bertz CT molecular complexity index is 1950. The highest BCUT2D eigenvalue weighted by atomic mass is 32.2. The van der Waals surface area contributed by atoms with Crippen molar-refractivity contribution in [3.63, 3.8) is 0 Å². The smallest absolute Gasteiger partial charge is 0.380 e. The molecule has 7 rings (SSSR count). The van der Waals surface area contributed by atoms with Gasteiger partial charge in [-0.05, 0) is 86.8 Å². The maximum Gasteiger partial charge on any atom is 0.380 e. The Kier molecular flexibility index (Phi) is 11.5. The summed E-state index contributed by atoms with van der Waals surface area (Å²) < 4.78 is 73.5. The molecule has 0 bridgehead atoms. The number of rotatable bonds is 4. The van der Waals surface area contributed by atoms with Crippen molar-refractivity contribution in [1.29, 1.82) is 0 Å². The van der Waals surface area contributed by atoms with E-state index in [0.29, 0.717) is 11.2 Å². The first-order chi connectivity index (χ1) is 22.9. The zero-order valence-electron chi connectivity index (χ0n) is 26.2. The summed E-state index contributed by atoms with van der Waals surface area (Å²) >= 11 is 0. The van der Waals surface area contributed by atoms with Gasteiger partial charge in [0.15, 0.2) is 0 Å². The van der Waals surface area contributed by atoms with E-state index in [-0.39, 0.29) is 22.8 Å². The minimum absolute atomic E-state index is 0.0294. The van der Waals surface area contributed by atoms with E-state index in [1.54, 1.807) is 12.1 Å². The largest absolute Gasteiger partial charge is 0.422 e. The second-order valence-corrected chi connectivity index (χ2v) is 13.8. The van der Waals surface area contributed by atoms with Crippen molar-refractivity contribution >= 4 is 42.5 Å². The minimum atomic E-state index is -4.10. The summed E-state index contributed by atoms with van der Waals surface area (Å²) in [4.78, 5) is 24.2. The van der Waals surface area contributed by atoms with E-state index < -0.39 is 20.6 Å². The zero-order valence-corrected chi connectivity index (χ0v) is 27.9. The molecular formula is C32H38N2O12S2. The molecule has 3 aliphatic rings. The van der Waals surface area contributed by atoms with Crippen LogP contribution in [0.4, 0.5) is 0 Å². The molecule has 260 valence electrons. The Morgan fingerprint density at radius 1 is 0.521 bits per heavy atom. The van der Waals surface area contributed by atoms with Gasteiger partial charge in [0.05, 0.1) is 26.4 Å². The third-order valence-corrected chi connectivity index (χ3v) is 8.91. The van der Waals surface area contributed by atoms with E-state index in [1.807, 2.05) is 0 Å². The number of nitrogens with two attached hydrogens (primary N) is 2. The monoisotopic (exact) mass is 706 g/mol. The summed E-state index contributed by atoms with van der Waals surface area (Å²) in [6.07, 6.45) is 9.30. The van der Waals surface area contributed by atoms with Crippen LogP contribution in [0.25, 0.3) is 21.9 Å². The van der Waals surface area contributed by atoms with Gasteiger partial charge in [0.1, 0.15) is 22.7 Å². The van der Waals surface area contributed by atoms with Crippen molar-refractivity contribution in [3.05, 3.63) is 79.5 Å². The topological polar surface area (TPSA) is 218 Å². The van der Waals surface area contributed by atoms with Crippen LogP contribution >= 0.6 is 0 Å². The van der Waals surface area contributed by atoms with E-state index in [1.165, 1.54) is 24.3 Å². The van der Waals surface area contributed by atoms with E-state index in [2.05, 4.69) is 8.37 Å². The molecule has 1 saturated heterocycles. The quantitative estimate of drug-likeness (QED) is 0.231. The molecule has 0 saturated carbocycles. The van der Waals surface area contributed by atoms with Crippen LogP contribution in [0.15, 0.2) is 54.8 Å². The lowest BCUT2D eigenvalue weighted by atomic mass is 10.0. The molecule has 16 heteroatoms. The molecule has 4 N–H and O–H groups in total. The first kappa shape index (κ1) is 35.5. The van der Waals surface area contributed by atoms with Gasteiger partial charge in [0, 0.05) is 34.0 Å². The highest BCUT2D eigenvalue weighted by Gasteiger charge is 2.19. The number of ether oxygens (including phenoxy) is 2. The van der Waals surface area contributed by atoms with Gasteiger partial charge >= 0.3 is 31.9 Å². The molecule has 2 aromatic heterocycles. The van der Waals surface area contributed by atoms with E-state index in [0.717, 1.165) is 124 Å². The number of aryl methyl sites for hydroxylation is 2. The molecule has 0 radical (unpaired) electrons. The number of benzene rings is 2. The van der Waals surface area contributed by atoms with Crippen LogP contribution in [0, 0.1) is 0 Å². The molecule has 2 aliphatic carbocycles. The third-order valence-electron chi connectivity index (χ3n) is 8.06. The second kappa shape index (κ2) is 15.6. The summed E-state index contributed by atoms with van der Waals surface area (Å²) in [6.45, 7) is 3.11. The Hall–Kier alpha value is -3.80. The van der Waals surface area contributed by atoms with Gasteiger partial charge in [-0.1, -0.05) is 12.8 Å². The highest BCUT2D eigenvalue weighted by Crippen LogP contribution is 2.30. The van der Waals surface area contributed by atoms with Crippen molar-refractivity contribution in [2.75, 3.05) is 26.4 Å². The Morgan fingerprint density at radius 3 is 1.21 bits per heavy atom. The normalized spacial score (nSPS) is 16.5. The summed E-state index contributed by atoms with van der Waals surface area (Å²) in [6, 6.07) is 9.21. The SMILES string of the molecule is C1COCCO1.NS(=O)(=O)Oc1ccc2c3c(c(=O)oc2c1)CCCCC3.NS(=O)(=O)Oc1ccc2c3c(c(=O)oc2c1)CCCCC3. The summed E-state index contributed by atoms with van der Waals surface area (Å²) in [7, 11) is -8.20. The third kappa shape index (κ3) is 9.64. The van der Waals surface area contributed by atoms with Gasteiger partial charge in [-0.25, -0.2) is 9.59 Å². The van der Waals surface area contributed by atoms with Gasteiger partial charge < -0.3 is 26.7 Å². The molecule has 0 atom stereocenters. The summed E-state index contributed by atoms with van der Waals surface area (Å²) in [5.74, 6) is 0.0587. The van der Waals surface area contributed by atoms with Crippen LogP contribution in [-0.4, -0.2) is 43.3 Å². The van der Waals surface area contributed by atoms with Gasteiger partial charge in [0.2, 0.25) is 0 Å². The molecular weight excluding hydrogens is 668 g/mol. The first-order valence-electron chi connectivity index (χ1n) is 15.6. The van der Waals surface area contributed by atoms with Crippen molar-refractivity contribution in [2.24, 2.45) is 10.3 Å². The molecule has 1 fully saturated rings. The van der Waals surface area contributed by atoms with E-state index in [4.69, 9.17) is 28.6 Å². The van der Waals surface area contributed by atoms with Crippen molar-refractivity contribution in [2.45, 2.75) is 64.2 Å².